The minimum Gasteiger partial charge on any atom is -0.491 e. The minimum atomic E-state index is -0.278. The monoisotopic (exact) mass is 418 g/mol. The number of amides is 1. The number of rotatable bonds is 7. The zero-order chi connectivity index (χ0) is 20.8. The molecule has 29 heavy (non-hydrogen) atoms. The Morgan fingerprint density at radius 2 is 1.93 bits per heavy atom. The van der Waals surface area contributed by atoms with Gasteiger partial charge in [-0.15, -0.1) is 0 Å². The fourth-order valence-electron chi connectivity index (χ4n) is 3.52. The van der Waals surface area contributed by atoms with Crippen molar-refractivity contribution in [2.24, 2.45) is 5.92 Å². The number of carbonyl (C=O) groups excluding carboxylic acids is 1. The third kappa shape index (κ3) is 6.18. The molecule has 1 aliphatic heterocycles. The van der Waals surface area contributed by atoms with E-state index < -0.39 is 0 Å². The van der Waals surface area contributed by atoms with Gasteiger partial charge < -0.3 is 10.1 Å². The Hall–Kier alpha value is -2.11. The average molecular weight is 419 g/mol. The van der Waals surface area contributed by atoms with Crippen LogP contribution >= 0.6 is 11.6 Å². The highest BCUT2D eigenvalue weighted by molar-refractivity contribution is 6.31. The maximum atomic E-state index is 14.0. The molecule has 1 saturated heterocycles. The number of halogens is 2. The first kappa shape index (κ1) is 21.6. The highest BCUT2D eigenvalue weighted by Crippen LogP contribution is 2.24. The fraction of sp³-hybridized carbons (Fsp3) is 0.435. The van der Waals surface area contributed by atoms with Crippen molar-refractivity contribution in [3.63, 3.8) is 0 Å². The molecule has 0 aromatic heterocycles. The summed E-state index contributed by atoms with van der Waals surface area (Å²) in [6, 6.07) is 12.5. The molecule has 2 aromatic rings. The van der Waals surface area contributed by atoms with Crippen molar-refractivity contribution in [2.45, 2.75) is 39.3 Å². The normalized spacial score (nSPS) is 16.4. The van der Waals surface area contributed by atoms with Gasteiger partial charge in [0.25, 0.3) is 0 Å². The molecule has 0 spiro atoms. The van der Waals surface area contributed by atoms with E-state index in [0.717, 1.165) is 31.7 Å². The molecule has 0 bridgehead atoms. The average Bonchev–Trinajstić information content (AvgIpc) is 2.71. The lowest BCUT2D eigenvalue weighted by Gasteiger charge is -2.32. The maximum absolute atomic E-state index is 14.0. The number of hydrogen-bond acceptors (Lipinski definition) is 3. The summed E-state index contributed by atoms with van der Waals surface area (Å²) in [4.78, 5) is 14.7. The zero-order valence-corrected chi connectivity index (χ0v) is 17.7. The number of benzene rings is 2. The van der Waals surface area contributed by atoms with Crippen molar-refractivity contribution in [1.29, 1.82) is 0 Å². The smallest absolute Gasteiger partial charge is 0.223 e. The molecule has 0 aliphatic carbocycles. The first-order valence-corrected chi connectivity index (χ1v) is 10.4. The predicted molar refractivity (Wildman–Crippen MR) is 114 cm³/mol. The second kappa shape index (κ2) is 10.1. The summed E-state index contributed by atoms with van der Waals surface area (Å²) < 4.78 is 19.7. The number of likely N-dealkylation sites (tertiary alicyclic amines) is 1. The molecule has 2 aromatic carbocycles. The van der Waals surface area contributed by atoms with E-state index in [-0.39, 0.29) is 23.7 Å². The van der Waals surface area contributed by atoms with Gasteiger partial charge in [-0.1, -0.05) is 35.4 Å². The number of nitrogens with zero attached hydrogens (tertiary/aromatic N) is 1. The lowest BCUT2D eigenvalue weighted by atomic mass is 9.95. The lowest BCUT2D eigenvalue weighted by Crippen LogP contribution is -2.44. The summed E-state index contributed by atoms with van der Waals surface area (Å²) in [5.74, 6) is 0.564. The molecule has 0 saturated carbocycles. The van der Waals surface area contributed by atoms with Gasteiger partial charge in [-0.3, -0.25) is 9.69 Å². The van der Waals surface area contributed by atoms with Crippen LogP contribution in [0.5, 0.6) is 5.75 Å². The quantitative estimate of drug-likeness (QED) is 0.715. The largest absolute Gasteiger partial charge is 0.491 e. The molecular weight excluding hydrogens is 391 g/mol. The van der Waals surface area contributed by atoms with Crippen LogP contribution in [0.4, 0.5) is 4.39 Å². The summed E-state index contributed by atoms with van der Waals surface area (Å²) in [6.07, 6.45) is 1.51. The van der Waals surface area contributed by atoms with Gasteiger partial charge in [0.05, 0.1) is 6.04 Å². The highest BCUT2D eigenvalue weighted by Gasteiger charge is 2.26. The topological polar surface area (TPSA) is 41.6 Å². The first-order valence-electron chi connectivity index (χ1n) is 10.1. The van der Waals surface area contributed by atoms with Crippen LogP contribution in [0.3, 0.4) is 0 Å². The number of ether oxygens (including phenoxy) is 1. The van der Waals surface area contributed by atoms with Gasteiger partial charge in [-0.25, -0.2) is 4.39 Å². The van der Waals surface area contributed by atoms with Gasteiger partial charge in [0.1, 0.15) is 18.2 Å². The molecule has 1 heterocycles. The molecular formula is C23H28ClFN2O2. The van der Waals surface area contributed by atoms with Crippen LogP contribution in [0.25, 0.3) is 0 Å². The van der Waals surface area contributed by atoms with E-state index in [4.69, 9.17) is 16.3 Å². The van der Waals surface area contributed by atoms with Gasteiger partial charge in [-0.2, -0.15) is 0 Å². The van der Waals surface area contributed by atoms with Gasteiger partial charge in [0, 0.05) is 23.0 Å². The zero-order valence-electron chi connectivity index (χ0n) is 17.0. The van der Waals surface area contributed by atoms with Gasteiger partial charge >= 0.3 is 0 Å². The fourth-order valence-corrected chi connectivity index (χ4v) is 3.74. The van der Waals surface area contributed by atoms with Gasteiger partial charge in [0.2, 0.25) is 5.91 Å². The van der Waals surface area contributed by atoms with E-state index in [1.165, 1.54) is 11.6 Å². The van der Waals surface area contributed by atoms with E-state index >= 15 is 0 Å². The van der Waals surface area contributed by atoms with Crippen LogP contribution in [-0.4, -0.2) is 36.5 Å². The number of piperidine rings is 1. The summed E-state index contributed by atoms with van der Waals surface area (Å²) >= 11 is 6.12. The Kier molecular flexibility index (Phi) is 7.51. The van der Waals surface area contributed by atoms with Gasteiger partial charge in [0.15, 0.2) is 0 Å². The van der Waals surface area contributed by atoms with E-state index in [1.807, 2.05) is 38.1 Å². The second-order valence-corrected chi connectivity index (χ2v) is 8.19. The summed E-state index contributed by atoms with van der Waals surface area (Å²) in [7, 11) is 0. The molecule has 1 aliphatic rings. The van der Waals surface area contributed by atoms with E-state index in [2.05, 4.69) is 10.2 Å². The van der Waals surface area contributed by atoms with Crippen molar-refractivity contribution in [1.82, 2.24) is 10.2 Å². The predicted octanol–water partition coefficient (Wildman–Crippen LogP) is 4.58. The van der Waals surface area contributed by atoms with Crippen LogP contribution in [0.1, 0.15) is 30.9 Å². The molecule has 156 valence electrons. The number of hydrogen-bond donors (Lipinski definition) is 1. The Bertz CT molecular complexity index is 800. The summed E-state index contributed by atoms with van der Waals surface area (Å²) in [6.45, 7) is 6.37. The maximum Gasteiger partial charge on any atom is 0.223 e. The Balaban J connectivity index is 1.41. The van der Waals surface area contributed by atoms with Crippen LogP contribution in [0, 0.1) is 18.7 Å². The van der Waals surface area contributed by atoms with E-state index in [1.54, 1.807) is 12.1 Å². The molecule has 1 atom stereocenters. The molecule has 1 N–H and O–H groups in total. The summed E-state index contributed by atoms with van der Waals surface area (Å²) in [5.41, 5.74) is 1.71. The van der Waals surface area contributed by atoms with Crippen LogP contribution in [-0.2, 0) is 11.3 Å². The Morgan fingerprint density at radius 1 is 1.24 bits per heavy atom. The van der Waals surface area contributed by atoms with Crippen molar-refractivity contribution in [2.75, 3.05) is 19.7 Å². The lowest BCUT2D eigenvalue weighted by molar-refractivity contribution is -0.127. The minimum absolute atomic E-state index is 0.0239. The standard InChI is InChI=1S/C23H28ClFN2O2/c1-16-6-8-19(9-7-16)29-15-17(2)26-23(28)18-10-12-27(13-11-18)14-20-21(24)4-3-5-22(20)25/h3-9,17-18H,10-15H2,1-2H3,(H,26,28)/t17-/m0/s1. The molecule has 1 amide bonds. The van der Waals surface area contributed by atoms with Gasteiger partial charge in [-0.05, 0) is 64.0 Å². The van der Waals surface area contributed by atoms with Crippen molar-refractivity contribution >= 4 is 17.5 Å². The third-order valence-electron chi connectivity index (χ3n) is 5.31. The van der Waals surface area contributed by atoms with Crippen molar-refractivity contribution in [3.05, 3.63) is 64.4 Å². The second-order valence-electron chi connectivity index (χ2n) is 7.78. The van der Waals surface area contributed by atoms with Crippen LogP contribution in [0.15, 0.2) is 42.5 Å². The number of carbonyl (C=O) groups is 1. The molecule has 3 rings (SSSR count). The van der Waals surface area contributed by atoms with Crippen LogP contribution in [0.2, 0.25) is 5.02 Å². The molecule has 0 radical (unpaired) electrons. The van der Waals surface area contributed by atoms with E-state index in [9.17, 15) is 9.18 Å². The van der Waals surface area contributed by atoms with Crippen LogP contribution < -0.4 is 10.1 Å². The Morgan fingerprint density at radius 3 is 2.59 bits per heavy atom. The molecule has 1 fully saturated rings. The third-order valence-corrected chi connectivity index (χ3v) is 5.67. The molecule has 0 unspecified atom stereocenters. The molecule has 6 heteroatoms. The number of nitrogens with one attached hydrogen (secondary N) is 1. The Labute approximate surface area is 177 Å². The first-order chi connectivity index (χ1) is 13.9. The SMILES string of the molecule is Cc1ccc(OC[C@H](C)NC(=O)C2CCN(Cc3c(F)cccc3Cl)CC2)cc1. The van der Waals surface area contributed by atoms with Crippen molar-refractivity contribution < 1.29 is 13.9 Å². The number of aryl methyl sites for hydroxylation is 1. The summed E-state index contributed by atoms with van der Waals surface area (Å²) in [5, 5.41) is 3.50. The van der Waals surface area contributed by atoms with Crippen molar-refractivity contribution in [3.8, 4) is 5.75 Å². The highest BCUT2D eigenvalue weighted by atomic mass is 35.5. The van der Waals surface area contributed by atoms with E-state index in [0.29, 0.717) is 23.7 Å². The molecule has 4 nitrogen and oxygen atoms in total.